The zero-order valence-corrected chi connectivity index (χ0v) is 12.3. The van der Waals surface area contributed by atoms with Gasteiger partial charge in [-0.15, -0.1) is 0 Å². The Morgan fingerprint density at radius 2 is 2.05 bits per heavy atom. The van der Waals surface area contributed by atoms with Crippen molar-refractivity contribution >= 4 is 11.8 Å². The van der Waals surface area contributed by atoms with E-state index in [1.165, 1.54) is 12.1 Å². The number of primary amides is 1. The fraction of sp³-hybridized carbons (Fsp3) is 0.250. The summed E-state index contributed by atoms with van der Waals surface area (Å²) in [6.45, 7) is 4.04. The maximum absolute atomic E-state index is 13.1. The molecule has 1 aromatic heterocycles. The topological polar surface area (TPSA) is 69.6 Å². The summed E-state index contributed by atoms with van der Waals surface area (Å²) in [6, 6.07) is 7.55. The van der Waals surface area contributed by atoms with Crippen LogP contribution in [0.5, 0.6) is 0 Å². The number of hydrogen-bond acceptors (Lipinski definition) is 3. The lowest BCUT2D eigenvalue weighted by Crippen LogP contribution is -2.27. The fourth-order valence-corrected chi connectivity index (χ4v) is 2.63. The van der Waals surface area contributed by atoms with E-state index in [9.17, 15) is 9.18 Å². The molecule has 6 heteroatoms. The van der Waals surface area contributed by atoms with Gasteiger partial charge in [-0.05, 0) is 44.2 Å². The van der Waals surface area contributed by atoms with Crippen LogP contribution in [0.4, 0.5) is 4.39 Å². The number of nitrogens with two attached hydrogens (primary N) is 1. The predicted octanol–water partition coefficient (Wildman–Crippen LogP) is 1.86. The first-order valence-electron chi connectivity index (χ1n) is 6.92. The first-order chi connectivity index (χ1) is 10.5. The Hall–Kier alpha value is -2.63. The molecule has 1 atom stereocenters. The van der Waals surface area contributed by atoms with Gasteiger partial charge in [-0.25, -0.2) is 9.38 Å². The van der Waals surface area contributed by atoms with E-state index in [-0.39, 0.29) is 12.4 Å². The molecule has 5 nitrogen and oxygen atoms in total. The summed E-state index contributed by atoms with van der Waals surface area (Å²) < 4.78 is 20.6. The van der Waals surface area contributed by atoms with Gasteiger partial charge in [-0.2, -0.15) is 0 Å². The van der Waals surface area contributed by atoms with Crippen LogP contribution in [0, 0.1) is 19.7 Å². The zero-order chi connectivity index (χ0) is 15.9. The molecule has 2 heterocycles. The van der Waals surface area contributed by atoms with Gasteiger partial charge >= 0.3 is 0 Å². The van der Waals surface area contributed by atoms with Gasteiger partial charge in [0.25, 0.3) is 0 Å². The van der Waals surface area contributed by atoms with E-state index >= 15 is 0 Å². The minimum Gasteiger partial charge on any atom is -0.475 e. The van der Waals surface area contributed by atoms with Crippen LogP contribution in [-0.4, -0.2) is 29.0 Å². The minimum absolute atomic E-state index is 0.172. The van der Waals surface area contributed by atoms with E-state index in [0.717, 1.165) is 22.6 Å². The molecule has 2 aromatic rings. The van der Waals surface area contributed by atoms with Crippen LogP contribution < -0.4 is 5.73 Å². The monoisotopic (exact) mass is 301 g/mol. The van der Waals surface area contributed by atoms with Crippen molar-refractivity contribution in [3.05, 3.63) is 53.1 Å². The van der Waals surface area contributed by atoms with Gasteiger partial charge in [0.15, 0.2) is 6.04 Å². The number of aromatic nitrogens is 1. The lowest BCUT2D eigenvalue weighted by atomic mass is 10.2. The summed E-state index contributed by atoms with van der Waals surface area (Å²) >= 11 is 0. The predicted molar refractivity (Wildman–Crippen MR) is 80.7 cm³/mol. The number of aliphatic imine (C=N–C) groups is 1. The number of ether oxygens (including phenoxy) is 1. The molecule has 0 bridgehead atoms. The summed E-state index contributed by atoms with van der Waals surface area (Å²) in [5.74, 6) is -0.355. The van der Waals surface area contributed by atoms with Gasteiger partial charge in [0.2, 0.25) is 11.8 Å². The van der Waals surface area contributed by atoms with E-state index in [4.69, 9.17) is 10.5 Å². The number of halogens is 1. The van der Waals surface area contributed by atoms with E-state index in [2.05, 4.69) is 4.99 Å². The molecule has 0 fully saturated rings. The Balaban J connectivity index is 2.03. The largest absolute Gasteiger partial charge is 0.475 e. The SMILES string of the molecule is Cc1cc(C2=NC(C(N)=O)CO2)c(C)n1-c1ccc(F)cc1. The molecule has 1 amide bonds. The molecule has 114 valence electrons. The minimum atomic E-state index is -0.635. The Morgan fingerprint density at radius 3 is 2.64 bits per heavy atom. The van der Waals surface area contributed by atoms with E-state index < -0.39 is 11.9 Å². The van der Waals surface area contributed by atoms with Crippen molar-refractivity contribution in [3.8, 4) is 5.69 Å². The molecule has 0 spiro atoms. The highest BCUT2D eigenvalue weighted by Gasteiger charge is 2.27. The summed E-state index contributed by atoms with van der Waals surface area (Å²) in [6.07, 6.45) is 0. The van der Waals surface area contributed by atoms with Crippen molar-refractivity contribution < 1.29 is 13.9 Å². The van der Waals surface area contributed by atoms with E-state index in [1.54, 1.807) is 12.1 Å². The normalized spacial score (nSPS) is 17.2. The summed E-state index contributed by atoms with van der Waals surface area (Å²) in [7, 11) is 0. The van der Waals surface area contributed by atoms with Gasteiger partial charge in [0, 0.05) is 17.1 Å². The van der Waals surface area contributed by atoms with Gasteiger partial charge in [0.05, 0.1) is 5.56 Å². The standard InChI is InChI=1S/C16H16FN3O2/c1-9-7-13(16-19-14(8-22-16)15(18)21)10(2)20(9)12-5-3-11(17)4-6-12/h3-7,14H,8H2,1-2H3,(H2,18,21). The average Bonchev–Trinajstić information content (AvgIpc) is 3.06. The highest BCUT2D eigenvalue weighted by Crippen LogP contribution is 2.24. The number of nitrogens with zero attached hydrogens (tertiary/aromatic N) is 2. The van der Waals surface area contributed by atoms with Crippen LogP contribution in [0.2, 0.25) is 0 Å². The average molecular weight is 301 g/mol. The molecule has 1 unspecified atom stereocenters. The number of carbonyl (C=O) groups is 1. The number of rotatable bonds is 3. The van der Waals surface area contributed by atoms with Crippen molar-refractivity contribution in [2.75, 3.05) is 6.61 Å². The smallest absolute Gasteiger partial charge is 0.245 e. The Morgan fingerprint density at radius 1 is 1.36 bits per heavy atom. The maximum Gasteiger partial charge on any atom is 0.245 e. The molecule has 0 radical (unpaired) electrons. The third-order valence-corrected chi connectivity index (χ3v) is 3.73. The second kappa shape index (κ2) is 5.29. The molecule has 0 saturated heterocycles. The molecular weight excluding hydrogens is 285 g/mol. The van der Waals surface area contributed by atoms with E-state index in [1.807, 2.05) is 24.5 Å². The van der Waals surface area contributed by atoms with Crippen LogP contribution >= 0.6 is 0 Å². The third kappa shape index (κ3) is 2.36. The van der Waals surface area contributed by atoms with Gasteiger partial charge in [0.1, 0.15) is 12.4 Å². The van der Waals surface area contributed by atoms with Gasteiger partial charge in [-0.1, -0.05) is 0 Å². The van der Waals surface area contributed by atoms with Crippen molar-refractivity contribution in [3.63, 3.8) is 0 Å². The van der Waals surface area contributed by atoms with Crippen LogP contribution in [-0.2, 0) is 9.53 Å². The third-order valence-electron chi connectivity index (χ3n) is 3.73. The molecule has 1 aliphatic rings. The highest BCUT2D eigenvalue weighted by molar-refractivity contribution is 5.99. The van der Waals surface area contributed by atoms with Crippen molar-refractivity contribution in [1.82, 2.24) is 4.57 Å². The lowest BCUT2D eigenvalue weighted by molar-refractivity contribution is -0.119. The fourth-order valence-electron chi connectivity index (χ4n) is 2.63. The number of aryl methyl sites for hydroxylation is 1. The second-order valence-corrected chi connectivity index (χ2v) is 5.26. The molecule has 0 aliphatic carbocycles. The van der Waals surface area contributed by atoms with Crippen LogP contribution in [0.1, 0.15) is 17.0 Å². The first-order valence-corrected chi connectivity index (χ1v) is 6.92. The zero-order valence-electron chi connectivity index (χ0n) is 12.3. The summed E-state index contributed by atoms with van der Waals surface area (Å²) in [4.78, 5) is 15.4. The number of amides is 1. The molecule has 1 aliphatic heterocycles. The van der Waals surface area contributed by atoms with Crippen LogP contribution in [0.3, 0.4) is 0 Å². The van der Waals surface area contributed by atoms with Crippen molar-refractivity contribution in [1.29, 1.82) is 0 Å². The number of benzene rings is 1. The van der Waals surface area contributed by atoms with Crippen LogP contribution in [0.25, 0.3) is 5.69 Å². The lowest BCUT2D eigenvalue weighted by Gasteiger charge is -2.09. The molecule has 2 N–H and O–H groups in total. The molecule has 3 rings (SSSR count). The molecule has 1 aromatic carbocycles. The summed E-state index contributed by atoms with van der Waals surface area (Å²) in [5, 5.41) is 0. The Labute approximate surface area is 127 Å². The highest BCUT2D eigenvalue weighted by atomic mass is 19.1. The Kier molecular flexibility index (Phi) is 3.44. The first kappa shape index (κ1) is 14.3. The van der Waals surface area contributed by atoms with Crippen molar-refractivity contribution in [2.45, 2.75) is 19.9 Å². The number of carbonyl (C=O) groups excluding carboxylic acids is 1. The molecular formula is C16H16FN3O2. The number of hydrogen-bond donors (Lipinski definition) is 1. The molecule has 0 saturated carbocycles. The molecule has 22 heavy (non-hydrogen) atoms. The quantitative estimate of drug-likeness (QED) is 0.940. The van der Waals surface area contributed by atoms with Gasteiger partial charge in [-0.3, -0.25) is 4.79 Å². The summed E-state index contributed by atoms with van der Waals surface area (Å²) in [5.41, 5.74) is 8.79. The maximum atomic E-state index is 13.1. The van der Waals surface area contributed by atoms with Crippen molar-refractivity contribution in [2.24, 2.45) is 10.7 Å². The van der Waals surface area contributed by atoms with E-state index in [0.29, 0.717) is 5.90 Å². The van der Waals surface area contributed by atoms with Gasteiger partial charge < -0.3 is 15.0 Å². The second-order valence-electron chi connectivity index (χ2n) is 5.26. The Bertz CT molecular complexity index is 762. The van der Waals surface area contributed by atoms with Crippen LogP contribution in [0.15, 0.2) is 35.3 Å².